The fraction of sp³-hybridized carbons (Fsp3) is 0.385. The maximum Gasteiger partial charge on any atom is 0.251 e. The van der Waals surface area contributed by atoms with E-state index in [0.29, 0.717) is 5.56 Å². The van der Waals surface area contributed by atoms with Crippen LogP contribution in [0.3, 0.4) is 0 Å². The minimum Gasteiger partial charge on any atom is -0.353 e. The number of amides is 2. The second kappa shape index (κ2) is 6.29. The molecule has 6 heteroatoms. The molecule has 0 spiro atoms. The van der Waals surface area contributed by atoms with Gasteiger partial charge in [-0.1, -0.05) is 0 Å². The lowest BCUT2D eigenvalue weighted by molar-refractivity contribution is -0.125. The van der Waals surface area contributed by atoms with Gasteiger partial charge in [-0.2, -0.15) is 0 Å². The van der Waals surface area contributed by atoms with Gasteiger partial charge in [0.25, 0.3) is 5.91 Å². The van der Waals surface area contributed by atoms with Crippen molar-refractivity contribution in [1.29, 1.82) is 0 Å². The predicted octanol–water partition coefficient (Wildman–Crippen LogP) is 0.409. The van der Waals surface area contributed by atoms with Crippen LogP contribution in [0.4, 0.5) is 4.39 Å². The highest BCUT2D eigenvalue weighted by atomic mass is 19.1. The normalized spacial score (nSPS) is 10.9. The molecule has 1 rings (SSSR count). The summed E-state index contributed by atoms with van der Waals surface area (Å²) >= 11 is 0. The van der Waals surface area contributed by atoms with Gasteiger partial charge in [-0.15, -0.1) is 0 Å². The quantitative estimate of drug-likeness (QED) is 0.676. The number of hydrogen-bond acceptors (Lipinski definition) is 3. The standard InChI is InChI=1S/C13H18FN3O2/c1-13(2,15)12(19)17-8-7-16-11(18)9-3-5-10(14)6-4-9/h3-6H,7-8,15H2,1-2H3,(H,16,18)(H,17,19). The average molecular weight is 267 g/mol. The number of rotatable bonds is 5. The summed E-state index contributed by atoms with van der Waals surface area (Å²) in [5, 5.41) is 5.21. The van der Waals surface area contributed by atoms with Gasteiger partial charge in [-0.25, -0.2) is 4.39 Å². The Hall–Kier alpha value is -1.95. The zero-order chi connectivity index (χ0) is 14.5. The number of nitrogens with one attached hydrogen (secondary N) is 2. The molecule has 0 heterocycles. The Kier molecular flexibility index (Phi) is 5.00. The van der Waals surface area contributed by atoms with Crippen LogP contribution in [0.2, 0.25) is 0 Å². The summed E-state index contributed by atoms with van der Waals surface area (Å²) in [5.41, 5.74) is 5.02. The molecule has 1 aromatic rings. The molecule has 4 N–H and O–H groups in total. The predicted molar refractivity (Wildman–Crippen MR) is 70.0 cm³/mol. The summed E-state index contributed by atoms with van der Waals surface area (Å²) in [6.45, 7) is 3.75. The Morgan fingerprint density at radius 1 is 1.16 bits per heavy atom. The van der Waals surface area contributed by atoms with Crippen LogP contribution in [0, 0.1) is 5.82 Å². The Morgan fingerprint density at radius 3 is 2.21 bits per heavy atom. The van der Waals surface area contributed by atoms with Crippen LogP contribution in [0.15, 0.2) is 24.3 Å². The summed E-state index contributed by atoms with van der Waals surface area (Å²) < 4.78 is 12.7. The Morgan fingerprint density at radius 2 is 1.68 bits per heavy atom. The fourth-order valence-electron chi connectivity index (χ4n) is 1.28. The average Bonchev–Trinajstić information content (AvgIpc) is 2.33. The first-order valence-corrected chi connectivity index (χ1v) is 5.91. The van der Waals surface area contributed by atoms with E-state index < -0.39 is 11.4 Å². The van der Waals surface area contributed by atoms with Crippen LogP contribution in [0.5, 0.6) is 0 Å². The molecule has 19 heavy (non-hydrogen) atoms. The molecule has 0 aliphatic carbocycles. The lowest BCUT2D eigenvalue weighted by Crippen LogP contribution is -2.50. The van der Waals surface area contributed by atoms with Crippen molar-refractivity contribution in [2.75, 3.05) is 13.1 Å². The van der Waals surface area contributed by atoms with E-state index in [9.17, 15) is 14.0 Å². The van der Waals surface area contributed by atoms with Gasteiger partial charge in [0.15, 0.2) is 0 Å². The van der Waals surface area contributed by atoms with E-state index in [1.807, 2.05) is 0 Å². The molecule has 2 amide bonds. The zero-order valence-electron chi connectivity index (χ0n) is 11.0. The van der Waals surface area contributed by atoms with Gasteiger partial charge in [0, 0.05) is 18.7 Å². The van der Waals surface area contributed by atoms with Gasteiger partial charge in [-0.3, -0.25) is 9.59 Å². The van der Waals surface area contributed by atoms with Crippen molar-refractivity contribution in [2.45, 2.75) is 19.4 Å². The van der Waals surface area contributed by atoms with Gasteiger partial charge in [0.2, 0.25) is 5.91 Å². The smallest absolute Gasteiger partial charge is 0.251 e. The maximum atomic E-state index is 12.7. The molecule has 1 aromatic carbocycles. The van der Waals surface area contributed by atoms with E-state index in [0.717, 1.165) is 0 Å². The van der Waals surface area contributed by atoms with Crippen LogP contribution in [-0.4, -0.2) is 30.4 Å². The minimum absolute atomic E-state index is 0.276. The van der Waals surface area contributed by atoms with Crippen LogP contribution < -0.4 is 16.4 Å². The third-order valence-electron chi connectivity index (χ3n) is 2.39. The van der Waals surface area contributed by atoms with E-state index in [1.54, 1.807) is 13.8 Å². The lowest BCUT2D eigenvalue weighted by Gasteiger charge is -2.17. The molecular formula is C13H18FN3O2. The third-order valence-corrected chi connectivity index (χ3v) is 2.39. The second-order valence-electron chi connectivity index (χ2n) is 4.74. The van der Waals surface area contributed by atoms with Crippen molar-refractivity contribution in [3.8, 4) is 0 Å². The zero-order valence-corrected chi connectivity index (χ0v) is 11.0. The number of carbonyl (C=O) groups is 2. The molecule has 0 saturated heterocycles. The monoisotopic (exact) mass is 267 g/mol. The first kappa shape index (κ1) is 15.1. The van der Waals surface area contributed by atoms with Gasteiger partial charge in [0.1, 0.15) is 5.82 Å². The summed E-state index contributed by atoms with van der Waals surface area (Å²) in [4.78, 5) is 23.1. The third kappa shape index (κ3) is 5.05. The van der Waals surface area contributed by atoms with Crippen LogP contribution in [0.25, 0.3) is 0 Å². The number of nitrogens with two attached hydrogens (primary N) is 1. The van der Waals surface area contributed by atoms with E-state index in [-0.39, 0.29) is 24.9 Å². The highest BCUT2D eigenvalue weighted by Gasteiger charge is 2.20. The van der Waals surface area contributed by atoms with E-state index in [4.69, 9.17) is 5.73 Å². The van der Waals surface area contributed by atoms with E-state index >= 15 is 0 Å². The molecule has 0 bridgehead atoms. The van der Waals surface area contributed by atoms with Crippen molar-refractivity contribution in [1.82, 2.24) is 10.6 Å². The topological polar surface area (TPSA) is 84.2 Å². The molecule has 104 valence electrons. The van der Waals surface area contributed by atoms with Crippen LogP contribution in [0.1, 0.15) is 24.2 Å². The van der Waals surface area contributed by atoms with Gasteiger partial charge in [-0.05, 0) is 38.1 Å². The van der Waals surface area contributed by atoms with Crippen molar-refractivity contribution in [2.24, 2.45) is 5.73 Å². The van der Waals surface area contributed by atoms with E-state index in [1.165, 1.54) is 24.3 Å². The molecule has 0 radical (unpaired) electrons. The minimum atomic E-state index is -0.943. The van der Waals surface area contributed by atoms with Gasteiger partial charge < -0.3 is 16.4 Å². The van der Waals surface area contributed by atoms with Gasteiger partial charge >= 0.3 is 0 Å². The Labute approximate surface area is 111 Å². The largest absolute Gasteiger partial charge is 0.353 e. The van der Waals surface area contributed by atoms with Crippen molar-refractivity contribution < 1.29 is 14.0 Å². The fourth-order valence-corrected chi connectivity index (χ4v) is 1.28. The Bertz CT molecular complexity index is 452. The Balaban J connectivity index is 2.32. The molecule has 0 unspecified atom stereocenters. The molecule has 0 fully saturated rings. The molecule has 0 aromatic heterocycles. The number of halogens is 1. The summed E-state index contributed by atoms with van der Waals surface area (Å²) in [6.07, 6.45) is 0. The number of benzene rings is 1. The molecule has 0 aliphatic rings. The summed E-state index contributed by atoms with van der Waals surface area (Å²) in [7, 11) is 0. The highest BCUT2D eigenvalue weighted by molar-refractivity contribution is 5.94. The molecular weight excluding hydrogens is 249 g/mol. The second-order valence-corrected chi connectivity index (χ2v) is 4.74. The highest BCUT2D eigenvalue weighted by Crippen LogP contribution is 2.02. The molecule has 0 aliphatic heterocycles. The maximum absolute atomic E-state index is 12.7. The van der Waals surface area contributed by atoms with Crippen LogP contribution in [-0.2, 0) is 4.79 Å². The van der Waals surface area contributed by atoms with Crippen molar-refractivity contribution in [3.05, 3.63) is 35.6 Å². The summed E-state index contributed by atoms with van der Waals surface area (Å²) in [6, 6.07) is 5.22. The van der Waals surface area contributed by atoms with Crippen LogP contribution >= 0.6 is 0 Å². The van der Waals surface area contributed by atoms with E-state index in [2.05, 4.69) is 10.6 Å². The number of carbonyl (C=O) groups excluding carboxylic acids is 2. The molecule has 0 saturated carbocycles. The van der Waals surface area contributed by atoms with Crippen molar-refractivity contribution >= 4 is 11.8 Å². The summed E-state index contributed by atoms with van der Waals surface area (Å²) in [5.74, 6) is -1.00. The lowest BCUT2D eigenvalue weighted by atomic mass is 10.1. The number of hydrogen-bond donors (Lipinski definition) is 3. The van der Waals surface area contributed by atoms with Gasteiger partial charge in [0.05, 0.1) is 5.54 Å². The molecule has 5 nitrogen and oxygen atoms in total. The van der Waals surface area contributed by atoms with Crippen molar-refractivity contribution in [3.63, 3.8) is 0 Å². The first-order valence-electron chi connectivity index (χ1n) is 5.91. The SMILES string of the molecule is CC(C)(N)C(=O)NCCNC(=O)c1ccc(F)cc1. The molecule has 0 atom stereocenters. The first-order chi connectivity index (χ1) is 8.80.